The van der Waals surface area contributed by atoms with Crippen LogP contribution in [0.1, 0.15) is 61.5 Å². The monoisotopic (exact) mass is 483 g/mol. The van der Waals surface area contributed by atoms with Gasteiger partial charge in [-0.05, 0) is 26.3 Å². The van der Waals surface area contributed by atoms with Gasteiger partial charge in [-0.2, -0.15) is 9.78 Å². The Morgan fingerprint density at radius 3 is 2.54 bits per heavy atom. The Kier molecular flexibility index (Phi) is 6.75. The summed E-state index contributed by atoms with van der Waals surface area (Å²) in [6.07, 6.45) is 0.912. The largest absolute Gasteiger partial charge is 0.515 e. The Hall–Kier alpha value is -3.53. The van der Waals surface area contributed by atoms with Crippen LogP contribution >= 0.6 is 0 Å². The molecule has 35 heavy (non-hydrogen) atoms. The van der Waals surface area contributed by atoms with Gasteiger partial charge >= 0.3 is 17.6 Å². The second kappa shape index (κ2) is 9.61. The Labute approximate surface area is 203 Å². The number of hydrogen-bond donors (Lipinski definition) is 1. The Morgan fingerprint density at radius 2 is 1.86 bits per heavy atom. The maximum atomic E-state index is 13.1. The molecule has 186 valence electrons. The topological polar surface area (TPSA) is 112 Å². The van der Waals surface area contributed by atoms with Crippen LogP contribution in [-0.2, 0) is 22.7 Å². The molecular formula is C25H31N4O6+. The molecule has 1 aromatic heterocycles. The van der Waals surface area contributed by atoms with E-state index in [9.17, 15) is 19.2 Å². The molecule has 2 amide bonds. The predicted octanol–water partition coefficient (Wildman–Crippen LogP) is 1.34. The van der Waals surface area contributed by atoms with Crippen molar-refractivity contribution in [2.75, 3.05) is 20.1 Å². The summed E-state index contributed by atoms with van der Waals surface area (Å²) >= 11 is 0. The lowest BCUT2D eigenvalue weighted by Gasteiger charge is -2.31. The van der Waals surface area contributed by atoms with Gasteiger partial charge in [0, 0.05) is 33.0 Å². The summed E-state index contributed by atoms with van der Waals surface area (Å²) in [5, 5.41) is 0. The van der Waals surface area contributed by atoms with E-state index in [1.54, 1.807) is 32.4 Å². The number of hydrogen-bond acceptors (Lipinski definition) is 7. The zero-order valence-electron chi connectivity index (χ0n) is 20.5. The number of fused-ring (bicyclic) bond motifs is 1. The summed E-state index contributed by atoms with van der Waals surface area (Å²) in [5.74, 6) is -1.09. The Bertz CT molecular complexity index is 1200. The van der Waals surface area contributed by atoms with Crippen LogP contribution < -0.4 is 15.2 Å². The summed E-state index contributed by atoms with van der Waals surface area (Å²) in [4.78, 5) is 58.0. The van der Waals surface area contributed by atoms with Gasteiger partial charge in [-0.1, -0.05) is 30.3 Å². The van der Waals surface area contributed by atoms with Crippen LogP contribution in [0.5, 0.6) is 5.75 Å². The van der Waals surface area contributed by atoms with Crippen molar-refractivity contribution in [3.05, 3.63) is 57.8 Å². The highest BCUT2D eigenvalue weighted by Crippen LogP contribution is 2.27. The first-order valence-electron chi connectivity index (χ1n) is 11.8. The zero-order chi connectivity index (χ0) is 25.3. The third kappa shape index (κ3) is 4.97. The second-order valence-corrected chi connectivity index (χ2v) is 10.0. The molecule has 1 fully saturated rings. The van der Waals surface area contributed by atoms with Gasteiger partial charge in [0.2, 0.25) is 5.75 Å². The smallest absolute Gasteiger partial charge is 0.418 e. The van der Waals surface area contributed by atoms with E-state index in [0.29, 0.717) is 36.8 Å². The number of rotatable bonds is 4. The minimum absolute atomic E-state index is 0.00440. The van der Waals surface area contributed by atoms with Crippen molar-refractivity contribution in [2.24, 2.45) is 5.41 Å². The summed E-state index contributed by atoms with van der Waals surface area (Å²) in [5.41, 5.74) is -0.797. The fourth-order valence-corrected chi connectivity index (χ4v) is 4.32. The van der Waals surface area contributed by atoms with E-state index in [2.05, 4.69) is 4.98 Å². The summed E-state index contributed by atoms with van der Waals surface area (Å²) in [7, 11) is 1.62. The molecule has 2 atom stereocenters. The van der Waals surface area contributed by atoms with E-state index in [0.717, 1.165) is 12.0 Å². The van der Waals surface area contributed by atoms with E-state index in [4.69, 9.17) is 9.47 Å². The minimum Gasteiger partial charge on any atom is -0.418 e. The molecule has 1 aromatic carbocycles. The quantitative estimate of drug-likeness (QED) is 0.653. The van der Waals surface area contributed by atoms with E-state index in [1.807, 2.05) is 30.3 Å². The van der Waals surface area contributed by atoms with Gasteiger partial charge in [0.25, 0.3) is 5.91 Å². The molecule has 0 aliphatic carbocycles. The molecular weight excluding hydrogens is 452 g/mol. The van der Waals surface area contributed by atoms with Gasteiger partial charge in [0.15, 0.2) is 17.6 Å². The third-order valence-corrected chi connectivity index (χ3v) is 6.33. The molecule has 2 aliphatic heterocycles. The molecule has 10 nitrogen and oxygen atoms in total. The van der Waals surface area contributed by atoms with Crippen molar-refractivity contribution in [3.8, 4) is 5.75 Å². The third-order valence-electron chi connectivity index (χ3n) is 6.33. The van der Waals surface area contributed by atoms with E-state index >= 15 is 0 Å². The molecule has 3 heterocycles. The van der Waals surface area contributed by atoms with E-state index in [-0.39, 0.29) is 18.1 Å². The average molecular weight is 484 g/mol. The van der Waals surface area contributed by atoms with Crippen molar-refractivity contribution in [2.45, 2.75) is 52.8 Å². The van der Waals surface area contributed by atoms with Gasteiger partial charge < -0.3 is 18.9 Å². The fourth-order valence-electron chi connectivity index (χ4n) is 4.32. The molecule has 0 saturated carbocycles. The summed E-state index contributed by atoms with van der Waals surface area (Å²) in [6.45, 7) is 6.42. The first-order valence-corrected chi connectivity index (χ1v) is 11.8. The Balaban J connectivity index is 1.68. The standard InChI is InChI=1S/C25H30N4O6/c1-25(2,3)23(32)35-19-18-22(31)27(4)13-14-29(18)20(26-21(19)30)17-11-8-12-28(17)24(33)34-15-16-9-6-5-7-10-16/h5-7,9-10,17H,8,11-15H2,1-4H3/p+1. The number of quaternary nitrogens is 1. The molecule has 0 spiro atoms. The number of benzene rings is 1. The summed E-state index contributed by atoms with van der Waals surface area (Å²) in [6, 6.07) is 8.94. The van der Waals surface area contributed by atoms with Crippen molar-refractivity contribution in [1.29, 1.82) is 0 Å². The lowest BCUT2D eigenvalue weighted by molar-refractivity contribution is -0.844. The van der Waals surface area contributed by atoms with Gasteiger partial charge in [0.1, 0.15) is 6.61 Å². The summed E-state index contributed by atoms with van der Waals surface area (Å²) < 4.78 is 12.6. The Morgan fingerprint density at radius 1 is 1.14 bits per heavy atom. The minimum atomic E-state index is -0.874. The van der Waals surface area contributed by atoms with Gasteiger partial charge in [0.05, 0.1) is 12.0 Å². The number of amides is 2. The van der Waals surface area contributed by atoms with Crippen molar-refractivity contribution >= 4 is 18.0 Å². The van der Waals surface area contributed by atoms with Crippen molar-refractivity contribution < 1.29 is 28.8 Å². The fraction of sp³-hybridized carbons (Fsp3) is 0.480. The first-order chi connectivity index (χ1) is 16.6. The zero-order valence-corrected chi connectivity index (χ0v) is 20.5. The van der Waals surface area contributed by atoms with Crippen LogP contribution in [-0.4, -0.2) is 52.6 Å². The molecule has 1 N–H and O–H groups in total. The van der Waals surface area contributed by atoms with Crippen molar-refractivity contribution in [1.82, 2.24) is 14.5 Å². The van der Waals surface area contributed by atoms with Crippen LogP contribution in [0.25, 0.3) is 0 Å². The number of nitrogens with one attached hydrogen (secondary N) is 1. The highest BCUT2D eigenvalue weighted by Gasteiger charge is 2.43. The molecule has 2 aliphatic rings. The van der Waals surface area contributed by atoms with Gasteiger partial charge in [-0.15, -0.1) is 0 Å². The van der Waals surface area contributed by atoms with Crippen LogP contribution in [0.3, 0.4) is 0 Å². The normalized spacial score (nSPS) is 19.9. The van der Waals surface area contributed by atoms with Gasteiger partial charge in [-0.25, -0.2) is 4.90 Å². The van der Waals surface area contributed by atoms with Crippen LogP contribution in [0.4, 0.5) is 4.79 Å². The lowest BCUT2D eigenvalue weighted by Crippen LogP contribution is -3.13. The molecule has 10 heteroatoms. The maximum absolute atomic E-state index is 13.1. The number of esters is 1. The molecule has 2 aromatic rings. The molecule has 0 bridgehead atoms. The van der Waals surface area contributed by atoms with E-state index < -0.39 is 35.0 Å². The number of aromatic nitrogens is 2. The SMILES string of the molecule is CN1CCn2c(C3CCC[NH+]3C(=O)OCc3ccccc3)nc(=O)c(OC(=O)C(C)(C)C)c2C1=O. The average Bonchev–Trinajstić information content (AvgIpc) is 3.31. The number of likely N-dealkylation sites (tertiary alicyclic amines) is 1. The van der Waals surface area contributed by atoms with Crippen LogP contribution in [0.15, 0.2) is 35.1 Å². The lowest BCUT2D eigenvalue weighted by atomic mass is 9.97. The second-order valence-electron chi connectivity index (χ2n) is 10.0. The molecule has 0 radical (unpaired) electrons. The number of carbonyl (C=O) groups excluding carboxylic acids is 3. The predicted molar refractivity (Wildman–Crippen MR) is 125 cm³/mol. The highest BCUT2D eigenvalue weighted by atomic mass is 16.6. The van der Waals surface area contributed by atoms with Gasteiger partial charge in [-0.3, -0.25) is 14.4 Å². The molecule has 2 unspecified atom stereocenters. The number of ether oxygens (including phenoxy) is 2. The number of nitrogens with zero attached hydrogens (tertiary/aromatic N) is 3. The number of likely N-dealkylation sites (N-methyl/N-ethyl adjacent to an activating group) is 1. The van der Waals surface area contributed by atoms with Crippen molar-refractivity contribution in [3.63, 3.8) is 0 Å². The van der Waals surface area contributed by atoms with Crippen LogP contribution in [0, 0.1) is 5.41 Å². The molecule has 4 rings (SSSR count). The number of alkyl carbamates (subject to hydrolysis) is 2. The van der Waals surface area contributed by atoms with E-state index in [1.165, 1.54) is 4.90 Å². The van der Waals surface area contributed by atoms with Crippen LogP contribution in [0.2, 0.25) is 0 Å². The highest BCUT2D eigenvalue weighted by molar-refractivity contribution is 5.96. The maximum Gasteiger partial charge on any atom is 0.515 e. The first kappa shape index (κ1) is 24.6. The molecule has 1 saturated heterocycles. The number of carbonyl (C=O) groups is 3.